The molecule has 6 heteroatoms. The molecule has 2 aliphatic carbocycles. The first-order chi connectivity index (χ1) is 13.9. The maximum atomic E-state index is 11.9. The van der Waals surface area contributed by atoms with Crippen molar-refractivity contribution in [3.8, 4) is 11.5 Å². The van der Waals surface area contributed by atoms with Gasteiger partial charge in [0.05, 0.1) is 12.1 Å². The van der Waals surface area contributed by atoms with Crippen LogP contribution in [0.15, 0.2) is 57.4 Å². The highest BCUT2D eigenvalue weighted by atomic mass is 35.5. The average molecular weight is 411 g/mol. The number of methoxy groups -OCH3 is 1. The Hall–Kier alpha value is -2.79. The predicted molar refractivity (Wildman–Crippen MR) is 115 cm³/mol. The second-order valence-electron chi connectivity index (χ2n) is 7.60. The molecule has 2 aromatic rings. The molecule has 0 spiro atoms. The Labute approximate surface area is 174 Å². The number of pyridine rings is 1. The smallest absolute Gasteiger partial charge is 0.248 e. The van der Waals surface area contributed by atoms with E-state index in [1.165, 1.54) is 18.3 Å². The standard InChI is InChI=1S/C23H23ClN2O3/c1-4-16-15-9-13(2)11-23(16,17-6-8-20(27)26-19(17)10-15)25-12-14-5-7-18(24)22(29-3)21(14)28/h4-9,12,15,28H,10-11H2,1-3H3,(H,26,27)/t15-,23?/m0/s1. The molecular formula is C23H23ClN2O3. The summed E-state index contributed by atoms with van der Waals surface area (Å²) in [6, 6.07) is 6.83. The topological polar surface area (TPSA) is 74.7 Å². The minimum atomic E-state index is -0.616. The van der Waals surface area contributed by atoms with Crippen molar-refractivity contribution in [2.45, 2.75) is 32.2 Å². The van der Waals surface area contributed by atoms with E-state index in [-0.39, 0.29) is 23.0 Å². The highest BCUT2D eigenvalue weighted by Crippen LogP contribution is 2.52. The van der Waals surface area contributed by atoms with Crippen molar-refractivity contribution in [3.63, 3.8) is 0 Å². The predicted octanol–water partition coefficient (Wildman–Crippen LogP) is 4.53. The zero-order valence-electron chi connectivity index (χ0n) is 16.6. The van der Waals surface area contributed by atoms with Gasteiger partial charge in [-0.05, 0) is 44.0 Å². The number of phenols is 1. The number of ether oxygens (including phenoxy) is 1. The zero-order valence-corrected chi connectivity index (χ0v) is 17.4. The molecular weight excluding hydrogens is 388 g/mol. The van der Waals surface area contributed by atoms with E-state index in [9.17, 15) is 9.90 Å². The molecule has 0 radical (unpaired) electrons. The van der Waals surface area contributed by atoms with Gasteiger partial charge in [0.25, 0.3) is 0 Å². The number of benzene rings is 1. The fraction of sp³-hybridized carbons (Fsp3) is 0.304. The summed E-state index contributed by atoms with van der Waals surface area (Å²) in [6.07, 6.45) is 7.53. The monoisotopic (exact) mass is 410 g/mol. The van der Waals surface area contributed by atoms with Crippen molar-refractivity contribution >= 4 is 17.8 Å². The lowest BCUT2D eigenvalue weighted by Crippen LogP contribution is -2.40. The zero-order chi connectivity index (χ0) is 20.8. The Morgan fingerprint density at radius 3 is 2.86 bits per heavy atom. The van der Waals surface area contributed by atoms with Gasteiger partial charge in [0.15, 0.2) is 11.5 Å². The summed E-state index contributed by atoms with van der Waals surface area (Å²) in [5, 5.41) is 10.9. The minimum absolute atomic E-state index is 0.0423. The minimum Gasteiger partial charge on any atom is -0.504 e. The first-order valence-corrected chi connectivity index (χ1v) is 9.94. The molecule has 0 aliphatic heterocycles. The number of nitrogens with zero attached hydrogens (tertiary/aromatic N) is 1. The largest absolute Gasteiger partial charge is 0.504 e. The number of allylic oxidation sites excluding steroid dienone is 2. The van der Waals surface area contributed by atoms with Crippen LogP contribution in [0.5, 0.6) is 11.5 Å². The highest BCUT2D eigenvalue weighted by Gasteiger charge is 2.46. The third-order valence-corrected chi connectivity index (χ3v) is 6.12. The van der Waals surface area contributed by atoms with Crippen LogP contribution in [0.2, 0.25) is 5.02 Å². The number of rotatable bonds is 3. The molecule has 29 heavy (non-hydrogen) atoms. The maximum absolute atomic E-state index is 11.9. The van der Waals surface area contributed by atoms with Crippen LogP contribution in [0.3, 0.4) is 0 Å². The number of halogens is 1. The van der Waals surface area contributed by atoms with E-state index in [1.54, 1.807) is 24.4 Å². The van der Waals surface area contributed by atoms with Crippen molar-refractivity contribution in [3.05, 3.63) is 79.8 Å². The van der Waals surface area contributed by atoms with Gasteiger partial charge in [-0.1, -0.05) is 29.3 Å². The lowest BCUT2D eigenvalue weighted by Gasteiger charge is -2.45. The molecule has 2 N–H and O–H groups in total. The lowest BCUT2D eigenvalue weighted by atomic mass is 9.63. The molecule has 0 fully saturated rings. The molecule has 0 saturated heterocycles. The van der Waals surface area contributed by atoms with Gasteiger partial charge in [-0.3, -0.25) is 9.79 Å². The summed E-state index contributed by atoms with van der Waals surface area (Å²) >= 11 is 6.10. The van der Waals surface area contributed by atoms with Gasteiger partial charge in [-0.15, -0.1) is 0 Å². The van der Waals surface area contributed by atoms with Gasteiger partial charge in [0, 0.05) is 41.4 Å². The molecule has 2 atom stereocenters. The highest BCUT2D eigenvalue weighted by molar-refractivity contribution is 6.32. The van der Waals surface area contributed by atoms with Crippen molar-refractivity contribution in [2.75, 3.05) is 7.11 Å². The molecule has 0 amide bonds. The lowest BCUT2D eigenvalue weighted by molar-refractivity contribution is 0.373. The second kappa shape index (κ2) is 7.23. The summed E-state index contributed by atoms with van der Waals surface area (Å²) in [7, 11) is 1.46. The van der Waals surface area contributed by atoms with Crippen molar-refractivity contribution in [1.82, 2.24) is 4.98 Å². The van der Waals surface area contributed by atoms with Gasteiger partial charge in [0.2, 0.25) is 5.56 Å². The van der Waals surface area contributed by atoms with Crippen LogP contribution in [-0.2, 0) is 12.0 Å². The van der Waals surface area contributed by atoms with Gasteiger partial charge in [-0.2, -0.15) is 0 Å². The average Bonchev–Trinajstić information content (AvgIpc) is 2.67. The van der Waals surface area contributed by atoms with Crippen LogP contribution in [0.4, 0.5) is 0 Å². The second-order valence-corrected chi connectivity index (χ2v) is 8.00. The van der Waals surface area contributed by atoms with E-state index in [4.69, 9.17) is 21.3 Å². The number of H-pyrrole nitrogens is 1. The van der Waals surface area contributed by atoms with E-state index in [0.29, 0.717) is 17.0 Å². The summed E-state index contributed by atoms with van der Waals surface area (Å²) in [5.74, 6) is 0.370. The molecule has 5 nitrogen and oxygen atoms in total. The SMILES string of the molecule is CC=C1[C@H]2C=C(C)CC1(N=Cc1ccc(Cl)c(OC)c1O)c1ccc(=O)[nH]c1C2. The maximum Gasteiger partial charge on any atom is 0.248 e. The Bertz CT molecular complexity index is 1130. The quantitative estimate of drug-likeness (QED) is 0.576. The number of hydrogen-bond donors (Lipinski definition) is 2. The van der Waals surface area contributed by atoms with Crippen LogP contribution < -0.4 is 10.3 Å². The number of aromatic amines is 1. The van der Waals surface area contributed by atoms with Crippen molar-refractivity contribution < 1.29 is 9.84 Å². The van der Waals surface area contributed by atoms with E-state index in [1.807, 2.05) is 13.0 Å². The molecule has 1 aromatic carbocycles. The van der Waals surface area contributed by atoms with Crippen molar-refractivity contribution in [2.24, 2.45) is 10.9 Å². The third-order valence-electron chi connectivity index (χ3n) is 5.82. The third kappa shape index (κ3) is 3.10. The Morgan fingerprint density at radius 1 is 1.34 bits per heavy atom. The number of nitrogens with one attached hydrogen (secondary N) is 1. The van der Waals surface area contributed by atoms with Crippen LogP contribution in [-0.4, -0.2) is 23.4 Å². The van der Waals surface area contributed by atoms with Gasteiger partial charge < -0.3 is 14.8 Å². The first-order valence-electron chi connectivity index (χ1n) is 9.57. The Kier molecular flexibility index (Phi) is 4.87. The molecule has 4 rings (SSSR count). The fourth-order valence-corrected chi connectivity index (χ4v) is 4.92. The Balaban J connectivity index is 1.91. The van der Waals surface area contributed by atoms with Crippen LogP contribution in [0.1, 0.15) is 37.1 Å². The first kappa shape index (κ1) is 19.5. The Morgan fingerprint density at radius 2 is 2.14 bits per heavy atom. The molecule has 0 saturated carbocycles. The fourth-order valence-electron chi connectivity index (χ4n) is 4.69. The van der Waals surface area contributed by atoms with Gasteiger partial charge in [-0.25, -0.2) is 0 Å². The molecule has 1 unspecified atom stereocenters. The van der Waals surface area contributed by atoms with E-state index in [0.717, 1.165) is 17.7 Å². The van der Waals surface area contributed by atoms with E-state index >= 15 is 0 Å². The van der Waals surface area contributed by atoms with Crippen LogP contribution >= 0.6 is 11.6 Å². The summed E-state index contributed by atoms with van der Waals surface area (Å²) in [6.45, 7) is 4.14. The molecule has 1 heterocycles. The number of aromatic nitrogens is 1. The van der Waals surface area contributed by atoms with Crippen molar-refractivity contribution in [1.29, 1.82) is 0 Å². The van der Waals surface area contributed by atoms with E-state index < -0.39 is 5.54 Å². The molecule has 1 aromatic heterocycles. The number of aromatic hydroxyl groups is 1. The number of fused-ring (bicyclic) bond motifs is 4. The molecule has 2 bridgehead atoms. The summed E-state index contributed by atoms with van der Waals surface area (Å²) in [5.41, 5.74) is 4.20. The van der Waals surface area contributed by atoms with Gasteiger partial charge in [0.1, 0.15) is 5.54 Å². The van der Waals surface area contributed by atoms with Crippen LogP contribution in [0, 0.1) is 5.92 Å². The van der Waals surface area contributed by atoms with Crippen LogP contribution in [0.25, 0.3) is 0 Å². The normalized spacial score (nSPS) is 24.5. The molecule has 150 valence electrons. The summed E-state index contributed by atoms with van der Waals surface area (Å²) in [4.78, 5) is 20.0. The number of aliphatic imine (C=N–C) groups is 1. The summed E-state index contributed by atoms with van der Waals surface area (Å²) < 4.78 is 5.21. The number of hydrogen-bond acceptors (Lipinski definition) is 4. The van der Waals surface area contributed by atoms with Gasteiger partial charge >= 0.3 is 0 Å². The number of phenolic OH excluding ortho intramolecular Hbond substituents is 1. The molecule has 2 aliphatic rings. The van der Waals surface area contributed by atoms with E-state index in [2.05, 4.69) is 24.1 Å².